The van der Waals surface area contributed by atoms with Gasteiger partial charge in [-0.3, -0.25) is 14.4 Å². The number of carbonyl (C=O) groups is 3. The van der Waals surface area contributed by atoms with Gasteiger partial charge in [-0.25, -0.2) is 0 Å². The highest BCUT2D eigenvalue weighted by Gasteiger charge is 2.43. The van der Waals surface area contributed by atoms with E-state index in [0.29, 0.717) is 17.9 Å². The summed E-state index contributed by atoms with van der Waals surface area (Å²) in [4.78, 5) is 37.8. The second kappa shape index (κ2) is 10.9. The van der Waals surface area contributed by atoms with Crippen molar-refractivity contribution in [2.45, 2.75) is 66.7 Å². The molecule has 1 saturated heterocycles. The lowest BCUT2D eigenvalue weighted by Gasteiger charge is -2.41. The van der Waals surface area contributed by atoms with E-state index in [1.54, 1.807) is 6.07 Å². The van der Waals surface area contributed by atoms with Crippen molar-refractivity contribution in [1.29, 1.82) is 0 Å². The first kappa shape index (κ1) is 24.8. The monoisotopic (exact) mass is 574 g/mol. The van der Waals surface area contributed by atoms with Crippen LogP contribution < -0.4 is 5.32 Å². The Bertz CT molecular complexity index is 861. The van der Waals surface area contributed by atoms with E-state index in [1.165, 1.54) is 23.5 Å². The number of rotatable bonds is 8. The van der Waals surface area contributed by atoms with Gasteiger partial charge in [0.1, 0.15) is 16.9 Å². The molecule has 4 unspecified atom stereocenters. The standard InChI is InChI=1S/C22H28Br2N2O6/c23-14(19(24)22(31)32)11-26-16(9-13-6-7-17(27)18(28)10-13)20(29)25-15(21(26)30)8-12-4-2-1-3-5-12/h6-7,10,12,14-16,19,27-28H,1-5,8-9,11H2,(H,25,29)(H,31,32). The van der Waals surface area contributed by atoms with Crippen molar-refractivity contribution in [2.24, 2.45) is 5.92 Å². The molecule has 2 aliphatic rings. The summed E-state index contributed by atoms with van der Waals surface area (Å²) < 4.78 is 0. The van der Waals surface area contributed by atoms with Gasteiger partial charge in [-0.05, 0) is 30.0 Å². The fourth-order valence-corrected chi connectivity index (χ4v) is 5.22. The van der Waals surface area contributed by atoms with E-state index in [0.717, 1.165) is 25.7 Å². The van der Waals surface area contributed by atoms with Crippen molar-refractivity contribution < 1.29 is 29.7 Å². The third-order valence-electron chi connectivity index (χ3n) is 6.26. The number of nitrogens with zero attached hydrogens (tertiary/aromatic N) is 1. The number of halogens is 2. The molecule has 8 nitrogen and oxygen atoms in total. The summed E-state index contributed by atoms with van der Waals surface area (Å²) in [5.74, 6) is -1.80. The molecule has 0 radical (unpaired) electrons. The molecule has 3 rings (SSSR count). The van der Waals surface area contributed by atoms with Crippen LogP contribution in [-0.2, 0) is 20.8 Å². The van der Waals surface area contributed by atoms with Crippen LogP contribution in [0.25, 0.3) is 0 Å². The Kier molecular flexibility index (Phi) is 8.43. The minimum Gasteiger partial charge on any atom is -0.504 e. The highest BCUT2D eigenvalue weighted by molar-refractivity contribution is 9.12. The van der Waals surface area contributed by atoms with Crippen LogP contribution in [-0.4, -0.2) is 66.3 Å². The summed E-state index contributed by atoms with van der Waals surface area (Å²) in [6.07, 6.45) is 6.24. The Hall–Kier alpha value is -1.81. The molecule has 0 aromatic heterocycles. The lowest BCUT2D eigenvalue weighted by atomic mass is 9.83. The number of carboxylic acid groups (broad SMARTS) is 1. The van der Waals surface area contributed by atoms with Crippen LogP contribution >= 0.6 is 31.9 Å². The van der Waals surface area contributed by atoms with Crippen molar-refractivity contribution in [2.75, 3.05) is 6.54 Å². The van der Waals surface area contributed by atoms with E-state index in [9.17, 15) is 29.7 Å². The van der Waals surface area contributed by atoms with E-state index in [2.05, 4.69) is 37.2 Å². The third kappa shape index (κ3) is 5.95. The molecule has 4 atom stereocenters. The molecule has 1 aliphatic carbocycles. The first-order chi connectivity index (χ1) is 15.2. The molecule has 0 spiro atoms. The summed E-state index contributed by atoms with van der Waals surface area (Å²) in [5, 5.41) is 31.6. The molecular weight excluding hydrogens is 548 g/mol. The van der Waals surface area contributed by atoms with Crippen LogP contribution in [0.5, 0.6) is 11.5 Å². The lowest BCUT2D eigenvalue weighted by Crippen LogP contribution is -2.65. The number of phenols is 2. The molecule has 1 aromatic rings. The summed E-state index contributed by atoms with van der Waals surface area (Å²) in [6.45, 7) is 0.0321. The number of carbonyl (C=O) groups excluding carboxylic acids is 2. The quantitative estimate of drug-likeness (QED) is 0.279. The fourth-order valence-electron chi connectivity index (χ4n) is 4.52. The van der Waals surface area contributed by atoms with Gasteiger partial charge in [0, 0.05) is 13.0 Å². The van der Waals surface area contributed by atoms with Gasteiger partial charge in [0.05, 0.1) is 4.83 Å². The molecule has 0 bridgehead atoms. The predicted molar refractivity (Wildman–Crippen MR) is 125 cm³/mol. The molecule has 4 N–H and O–H groups in total. The summed E-state index contributed by atoms with van der Waals surface area (Å²) in [7, 11) is 0. The zero-order valence-corrected chi connectivity index (χ0v) is 20.7. The highest BCUT2D eigenvalue weighted by atomic mass is 79.9. The Morgan fingerprint density at radius 1 is 1.12 bits per heavy atom. The van der Waals surface area contributed by atoms with E-state index in [4.69, 9.17) is 0 Å². The van der Waals surface area contributed by atoms with E-state index in [1.807, 2.05) is 0 Å². The number of alkyl halides is 2. The summed E-state index contributed by atoms with van der Waals surface area (Å²) in [5.41, 5.74) is 0.573. The van der Waals surface area contributed by atoms with Crippen LogP contribution in [0, 0.1) is 5.92 Å². The maximum absolute atomic E-state index is 13.4. The highest BCUT2D eigenvalue weighted by Crippen LogP contribution is 2.31. The number of carboxylic acids is 1. The predicted octanol–water partition coefficient (Wildman–Crippen LogP) is 2.92. The van der Waals surface area contributed by atoms with Gasteiger partial charge in [0.2, 0.25) is 11.8 Å². The number of benzene rings is 1. The topological polar surface area (TPSA) is 127 Å². The number of aromatic hydroxyl groups is 2. The molecule has 1 heterocycles. The molecule has 176 valence electrons. The van der Waals surface area contributed by atoms with Gasteiger partial charge in [-0.2, -0.15) is 0 Å². The Morgan fingerprint density at radius 2 is 1.81 bits per heavy atom. The van der Waals surface area contributed by atoms with Gasteiger partial charge in [-0.1, -0.05) is 70.0 Å². The average Bonchev–Trinajstić information content (AvgIpc) is 2.76. The normalized spacial score (nSPS) is 24.1. The van der Waals surface area contributed by atoms with Crippen LogP contribution in [0.15, 0.2) is 18.2 Å². The second-order valence-corrected chi connectivity index (χ2v) is 10.8. The molecule has 2 fully saturated rings. The molecule has 1 saturated carbocycles. The maximum Gasteiger partial charge on any atom is 0.318 e. The van der Waals surface area contributed by atoms with Crippen molar-refractivity contribution in [3.8, 4) is 11.5 Å². The zero-order chi connectivity index (χ0) is 23.4. The number of hydrogen-bond donors (Lipinski definition) is 4. The number of hydrogen-bond acceptors (Lipinski definition) is 5. The van der Waals surface area contributed by atoms with Gasteiger partial charge in [0.25, 0.3) is 0 Å². The van der Waals surface area contributed by atoms with Crippen molar-refractivity contribution in [1.82, 2.24) is 10.2 Å². The molecule has 10 heteroatoms. The molecular formula is C22H28Br2N2O6. The fraction of sp³-hybridized carbons (Fsp3) is 0.591. The smallest absolute Gasteiger partial charge is 0.318 e. The van der Waals surface area contributed by atoms with E-state index in [-0.39, 0.29) is 36.3 Å². The first-order valence-electron chi connectivity index (χ1n) is 10.8. The van der Waals surface area contributed by atoms with Gasteiger partial charge in [0.15, 0.2) is 11.5 Å². The Labute approximate surface area is 203 Å². The molecule has 32 heavy (non-hydrogen) atoms. The first-order valence-corrected chi connectivity index (χ1v) is 12.6. The van der Waals surface area contributed by atoms with Gasteiger partial charge in [-0.15, -0.1) is 0 Å². The molecule has 1 aliphatic heterocycles. The minimum absolute atomic E-state index is 0.0321. The van der Waals surface area contributed by atoms with Gasteiger partial charge < -0.3 is 25.5 Å². The van der Waals surface area contributed by atoms with Crippen LogP contribution in [0.1, 0.15) is 44.1 Å². The summed E-state index contributed by atoms with van der Waals surface area (Å²) >= 11 is 6.48. The zero-order valence-electron chi connectivity index (χ0n) is 17.5. The SMILES string of the molecule is O=C(O)C(Br)C(Br)CN1C(=O)C(CC2CCCCC2)NC(=O)C1Cc1ccc(O)c(O)c1. The number of nitrogens with one attached hydrogen (secondary N) is 1. The van der Waals surface area contributed by atoms with Crippen molar-refractivity contribution in [3.63, 3.8) is 0 Å². The lowest BCUT2D eigenvalue weighted by molar-refractivity contribution is -0.150. The van der Waals surface area contributed by atoms with Crippen molar-refractivity contribution in [3.05, 3.63) is 23.8 Å². The van der Waals surface area contributed by atoms with Gasteiger partial charge >= 0.3 is 5.97 Å². The Balaban J connectivity index is 1.82. The van der Waals surface area contributed by atoms with Crippen LogP contribution in [0.4, 0.5) is 0 Å². The molecule has 2 amide bonds. The second-order valence-electron chi connectivity index (χ2n) is 8.59. The van der Waals surface area contributed by atoms with E-state index < -0.39 is 27.7 Å². The number of phenolic OH excluding ortho intramolecular Hbond substituents is 2. The van der Waals surface area contributed by atoms with Crippen LogP contribution in [0.2, 0.25) is 0 Å². The average molecular weight is 576 g/mol. The number of aliphatic carboxylic acids is 1. The van der Waals surface area contributed by atoms with Crippen LogP contribution in [0.3, 0.4) is 0 Å². The largest absolute Gasteiger partial charge is 0.504 e. The maximum atomic E-state index is 13.4. The van der Waals surface area contributed by atoms with E-state index >= 15 is 0 Å². The Morgan fingerprint density at radius 3 is 2.44 bits per heavy atom. The van der Waals surface area contributed by atoms with Crippen molar-refractivity contribution >= 4 is 49.6 Å². The summed E-state index contributed by atoms with van der Waals surface area (Å²) in [6, 6.07) is 2.77. The number of piperazine rings is 1. The minimum atomic E-state index is -1.07. The number of amides is 2. The third-order valence-corrected chi connectivity index (χ3v) is 8.82. The molecule has 1 aromatic carbocycles.